The Morgan fingerprint density at radius 1 is 1.67 bits per heavy atom. The molecule has 0 saturated carbocycles. The van der Waals surface area contributed by atoms with E-state index < -0.39 is 5.97 Å². The summed E-state index contributed by atoms with van der Waals surface area (Å²) >= 11 is 1.43. The molecule has 0 saturated heterocycles. The fourth-order valence-corrected chi connectivity index (χ4v) is 0. The number of carboxylic acids is 1. The zero-order valence-corrected chi connectivity index (χ0v) is 9.51. The topological polar surface area (TPSA) is 37.3 Å². The van der Waals surface area contributed by atoms with Crippen LogP contribution in [0.3, 0.4) is 0 Å². The van der Waals surface area contributed by atoms with Crippen LogP contribution in [0.15, 0.2) is 0 Å². The number of carbonyl (C=O) groups is 1. The second-order valence-electron chi connectivity index (χ2n) is 2.15. The molecule has 0 unspecified atom stereocenters. The Balaban J connectivity index is 0. The van der Waals surface area contributed by atoms with Crippen LogP contribution in [-0.2, 0) is 4.79 Å². The molecule has 0 spiro atoms. The van der Waals surface area contributed by atoms with Crippen molar-refractivity contribution in [2.24, 2.45) is 5.92 Å². The molecule has 0 aromatic carbocycles. The summed E-state index contributed by atoms with van der Waals surface area (Å²) in [5, 5.41) is 7.42. The van der Waals surface area contributed by atoms with Gasteiger partial charge in [0.15, 0.2) is 0 Å². The first-order valence-electron chi connectivity index (χ1n) is 2.90. The molecule has 0 bridgehead atoms. The summed E-state index contributed by atoms with van der Waals surface area (Å²) in [6, 6.07) is 0. The third kappa shape index (κ3) is 63.1. The van der Waals surface area contributed by atoms with Crippen LogP contribution in [0.2, 0.25) is 4.44 Å². The predicted molar refractivity (Wildman–Crippen MR) is 40.1 cm³/mol. The van der Waals surface area contributed by atoms with E-state index in [-0.39, 0.29) is 0 Å². The standard InChI is InChI=1S/C4H9.C2H4O2.Sn.H/c1-4(2)3;1-2(3)4;;/h4H,1H2,2-3H3;1H3,(H,3,4);;. The molecular formula is C6H14O2Sn. The van der Waals surface area contributed by atoms with Gasteiger partial charge in [-0.05, 0) is 0 Å². The van der Waals surface area contributed by atoms with Crippen molar-refractivity contribution in [3.63, 3.8) is 0 Å². The van der Waals surface area contributed by atoms with Gasteiger partial charge in [0.1, 0.15) is 0 Å². The van der Waals surface area contributed by atoms with Crippen molar-refractivity contribution in [2.45, 2.75) is 25.2 Å². The van der Waals surface area contributed by atoms with Gasteiger partial charge in [-0.1, -0.05) is 0 Å². The minimum absolute atomic E-state index is 0.833. The van der Waals surface area contributed by atoms with Gasteiger partial charge in [-0.3, -0.25) is 4.79 Å². The molecule has 0 aliphatic rings. The van der Waals surface area contributed by atoms with Crippen LogP contribution >= 0.6 is 0 Å². The molecule has 0 fully saturated rings. The molecule has 0 heterocycles. The molecule has 0 aromatic heterocycles. The van der Waals surface area contributed by atoms with Crippen molar-refractivity contribution in [1.82, 2.24) is 0 Å². The Labute approximate surface area is 69.7 Å². The normalized spacial score (nSPS) is 8.11. The molecule has 54 valence electrons. The first-order valence-corrected chi connectivity index (χ1v) is 5.23. The van der Waals surface area contributed by atoms with Crippen LogP contribution < -0.4 is 0 Å². The van der Waals surface area contributed by atoms with Gasteiger partial charge in [0, 0.05) is 6.92 Å². The van der Waals surface area contributed by atoms with Crippen LogP contribution in [0.25, 0.3) is 0 Å². The summed E-state index contributed by atoms with van der Waals surface area (Å²) in [6.45, 7) is 5.59. The minimum atomic E-state index is -0.833. The summed E-state index contributed by atoms with van der Waals surface area (Å²) < 4.78 is 1.44. The van der Waals surface area contributed by atoms with Crippen molar-refractivity contribution in [2.75, 3.05) is 0 Å². The summed E-state index contributed by atoms with van der Waals surface area (Å²) in [5.41, 5.74) is 0. The van der Waals surface area contributed by atoms with Gasteiger partial charge < -0.3 is 5.11 Å². The second kappa shape index (κ2) is 8.27. The molecule has 0 rings (SSSR count). The zero-order chi connectivity index (χ0) is 7.86. The van der Waals surface area contributed by atoms with E-state index in [1.807, 2.05) is 0 Å². The van der Waals surface area contributed by atoms with Crippen LogP contribution in [-0.4, -0.2) is 33.6 Å². The maximum atomic E-state index is 9.00. The van der Waals surface area contributed by atoms with Crippen molar-refractivity contribution in [3.8, 4) is 0 Å². The summed E-state index contributed by atoms with van der Waals surface area (Å²) in [5.74, 6) is 0.109. The predicted octanol–water partition coefficient (Wildman–Crippen LogP) is 1.05. The van der Waals surface area contributed by atoms with Crippen LogP contribution in [0.1, 0.15) is 20.8 Å². The number of hydrogen-bond donors (Lipinski definition) is 1. The fourth-order valence-electron chi connectivity index (χ4n) is 0. The Hall–Kier alpha value is 0.269. The molecule has 0 aromatic rings. The molecule has 3 heteroatoms. The second-order valence-corrected chi connectivity index (χ2v) is 3.49. The molecule has 1 N–H and O–H groups in total. The fraction of sp³-hybridized carbons (Fsp3) is 0.833. The monoisotopic (exact) mass is 238 g/mol. The zero-order valence-electron chi connectivity index (χ0n) is 6.22. The number of aliphatic carboxylic acids is 1. The van der Waals surface area contributed by atoms with Gasteiger partial charge in [0.25, 0.3) is 5.97 Å². The molecule has 9 heavy (non-hydrogen) atoms. The SMILES string of the molecule is CC(=O)O.CC(C)[CH2][SnH]. The number of carboxylic acid groups (broad SMARTS) is 1. The van der Waals surface area contributed by atoms with Crippen molar-refractivity contribution in [3.05, 3.63) is 0 Å². The van der Waals surface area contributed by atoms with E-state index in [9.17, 15) is 0 Å². The molecular weight excluding hydrogens is 223 g/mol. The van der Waals surface area contributed by atoms with Crippen molar-refractivity contribution in [1.29, 1.82) is 0 Å². The van der Waals surface area contributed by atoms with Crippen molar-refractivity contribution < 1.29 is 9.90 Å². The average molecular weight is 237 g/mol. The summed E-state index contributed by atoms with van der Waals surface area (Å²) in [6.07, 6.45) is 0. The summed E-state index contributed by atoms with van der Waals surface area (Å²) in [7, 11) is 0. The number of rotatable bonds is 1. The molecule has 0 amide bonds. The van der Waals surface area contributed by atoms with Gasteiger partial charge >= 0.3 is 46.7 Å². The van der Waals surface area contributed by atoms with Gasteiger partial charge in [-0.15, -0.1) is 0 Å². The molecule has 0 aliphatic heterocycles. The van der Waals surface area contributed by atoms with E-state index in [0.29, 0.717) is 0 Å². The van der Waals surface area contributed by atoms with Crippen molar-refractivity contribution >= 4 is 28.5 Å². The molecule has 0 atom stereocenters. The quantitative estimate of drug-likeness (QED) is 0.692. The van der Waals surface area contributed by atoms with Crippen LogP contribution in [0, 0.1) is 5.92 Å². The Morgan fingerprint density at radius 2 is 1.78 bits per heavy atom. The third-order valence-electron chi connectivity index (χ3n) is 0.471. The first-order chi connectivity index (χ1) is 4.00. The van der Waals surface area contributed by atoms with E-state index in [0.717, 1.165) is 12.8 Å². The van der Waals surface area contributed by atoms with Gasteiger partial charge in [-0.2, -0.15) is 0 Å². The Morgan fingerprint density at radius 3 is 1.78 bits per heavy atom. The maximum absolute atomic E-state index is 9.00. The Kier molecular flexibility index (Phi) is 11.0. The van der Waals surface area contributed by atoms with Gasteiger partial charge in [0.2, 0.25) is 0 Å². The van der Waals surface area contributed by atoms with E-state index in [2.05, 4.69) is 13.8 Å². The molecule has 0 aliphatic carbocycles. The van der Waals surface area contributed by atoms with Crippen LogP contribution in [0.4, 0.5) is 0 Å². The van der Waals surface area contributed by atoms with Gasteiger partial charge in [-0.25, -0.2) is 0 Å². The first kappa shape index (κ1) is 12.0. The molecule has 2 nitrogen and oxygen atoms in total. The average Bonchev–Trinajstić information content (AvgIpc) is 1.65. The Bertz CT molecular complexity index is 67.5. The summed E-state index contributed by atoms with van der Waals surface area (Å²) in [4.78, 5) is 9.00. The third-order valence-corrected chi connectivity index (χ3v) is 3.16. The van der Waals surface area contributed by atoms with E-state index in [1.165, 1.54) is 27.0 Å². The number of hydrogen-bond acceptors (Lipinski definition) is 1. The van der Waals surface area contributed by atoms with E-state index in [4.69, 9.17) is 9.90 Å². The molecule has 2 radical (unpaired) electrons. The van der Waals surface area contributed by atoms with Gasteiger partial charge in [0.05, 0.1) is 0 Å². The van der Waals surface area contributed by atoms with Crippen LogP contribution in [0.5, 0.6) is 0 Å². The van der Waals surface area contributed by atoms with E-state index >= 15 is 0 Å². The van der Waals surface area contributed by atoms with E-state index in [1.54, 1.807) is 0 Å².